The van der Waals surface area contributed by atoms with E-state index in [0.717, 1.165) is 23.3 Å². The third-order valence-corrected chi connectivity index (χ3v) is 4.97. The molecule has 0 saturated heterocycles. The average Bonchev–Trinajstić information content (AvgIpc) is 2.53. The van der Waals surface area contributed by atoms with Crippen molar-refractivity contribution < 1.29 is 22.0 Å². The highest BCUT2D eigenvalue weighted by atomic mass is 32.2. The van der Waals surface area contributed by atoms with E-state index in [1.807, 2.05) is 32.0 Å². The minimum atomic E-state index is -4.02. The van der Waals surface area contributed by atoms with Gasteiger partial charge in [-0.05, 0) is 49.2 Å². The van der Waals surface area contributed by atoms with Gasteiger partial charge in [0.15, 0.2) is 11.6 Å². The van der Waals surface area contributed by atoms with E-state index in [0.29, 0.717) is 11.8 Å². The van der Waals surface area contributed by atoms with E-state index in [-0.39, 0.29) is 18.9 Å². The van der Waals surface area contributed by atoms with Crippen molar-refractivity contribution in [3.8, 4) is 0 Å². The monoisotopic (exact) mass is 368 g/mol. The van der Waals surface area contributed by atoms with Crippen molar-refractivity contribution in [3.05, 3.63) is 59.2 Å². The zero-order valence-electron chi connectivity index (χ0n) is 13.8. The average molecular weight is 368 g/mol. The lowest BCUT2D eigenvalue weighted by Gasteiger charge is -2.10. The molecule has 0 aliphatic carbocycles. The minimum Gasteiger partial charge on any atom is -0.326 e. The standard InChI is InChI=1S/C17H18F2N2O3S/c1-11-3-4-12(2)16(9-11)21-17(22)7-8-20-25(23,24)13-5-6-14(18)15(19)10-13/h3-6,9-10,20H,7-8H2,1-2H3,(H,21,22). The molecule has 0 aromatic heterocycles. The fraction of sp³-hybridized carbons (Fsp3) is 0.235. The second-order valence-corrected chi connectivity index (χ2v) is 7.36. The molecule has 0 bridgehead atoms. The van der Waals surface area contributed by atoms with Gasteiger partial charge in [-0.25, -0.2) is 21.9 Å². The Morgan fingerprint density at radius 2 is 1.76 bits per heavy atom. The molecule has 25 heavy (non-hydrogen) atoms. The van der Waals surface area contributed by atoms with Gasteiger partial charge >= 0.3 is 0 Å². The van der Waals surface area contributed by atoms with Gasteiger partial charge in [-0.1, -0.05) is 12.1 Å². The van der Waals surface area contributed by atoms with Crippen molar-refractivity contribution in [3.63, 3.8) is 0 Å². The molecule has 0 heterocycles. The number of benzene rings is 2. The van der Waals surface area contributed by atoms with Crippen LogP contribution in [0.3, 0.4) is 0 Å². The van der Waals surface area contributed by atoms with Crippen LogP contribution >= 0.6 is 0 Å². The predicted molar refractivity (Wildman–Crippen MR) is 90.7 cm³/mol. The summed E-state index contributed by atoms with van der Waals surface area (Å²) in [5.41, 5.74) is 2.54. The van der Waals surface area contributed by atoms with Crippen molar-refractivity contribution in [2.45, 2.75) is 25.2 Å². The van der Waals surface area contributed by atoms with Crippen LogP contribution in [-0.4, -0.2) is 20.9 Å². The Labute approximate surface area is 145 Å². The lowest BCUT2D eigenvalue weighted by Crippen LogP contribution is -2.28. The molecule has 2 N–H and O–H groups in total. The zero-order chi connectivity index (χ0) is 18.6. The summed E-state index contributed by atoms with van der Waals surface area (Å²) in [7, 11) is -4.02. The second-order valence-electron chi connectivity index (χ2n) is 5.59. The Balaban J connectivity index is 1.93. The number of anilines is 1. The smallest absolute Gasteiger partial charge is 0.240 e. The molecule has 0 spiro atoms. The molecule has 0 saturated carbocycles. The number of halogens is 2. The maximum atomic E-state index is 13.1. The molecule has 0 aliphatic heterocycles. The molecular weight excluding hydrogens is 350 g/mol. The van der Waals surface area contributed by atoms with Crippen LogP contribution in [-0.2, 0) is 14.8 Å². The van der Waals surface area contributed by atoms with E-state index in [2.05, 4.69) is 10.0 Å². The summed E-state index contributed by atoms with van der Waals surface area (Å²) >= 11 is 0. The normalized spacial score (nSPS) is 11.4. The lowest BCUT2D eigenvalue weighted by atomic mass is 10.1. The van der Waals surface area contributed by atoms with Gasteiger partial charge in [-0.2, -0.15) is 0 Å². The van der Waals surface area contributed by atoms with Crippen LogP contribution in [0, 0.1) is 25.5 Å². The topological polar surface area (TPSA) is 75.3 Å². The van der Waals surface area contributed by atoms with Crippen LogP contribution in [0.5, 0.6) is 0 Å². The van der Waals surface area contributed by atoms with Gasteiger partial charge in [-0.15, -0.1) is 0 Å². The number of carbonyl (C=O) groups is 1. The van der Waals surface area contributed by atoms with Gasteiger partial charge in [0.1, 0.15) is 0 Å². The van der Waals surface area contributed by atoms with Crippen molar-refractivity contribution >= 4 is 21.6 Å². The predicted octanol–water partition coefficient (Wildman–Crippen LogP) is 2.89. The van der Waals surface area contributed by atoms with Crippen molar-refractivity contribution in [1.82, 2.24) is 4.72 Å². The minimum absolute atomic E-state index is 0.101. The number of aryl methyl sites for hydroxylation is 2. The third kappa shape index (κ3) is 5.07. The molecule has 2 rings (SSSR count). The van der Waals surface area contributed by atoms with Crippen molar-refractivity contribution in [2.24, 2.45) is 0 Å². The van der Waals surface area contributed by atoms with E-state index in [1.54, 1.807) is 0 Å². The number of carbonyl (C=O) groups excluding carboxylic acids is 1. The molecule has 0 unspecified atom stereocenters. The Hall–Kier alpha value is -2.32. The maximum Gasteiger partial charge on any atom is 0.240 e. The highest BCUT2D eigenvalue weighted by molar-refractivity contribution is 7.89. The van der Waals surface area contributed by atoms with Gasteiger partial charge in [-0.3, -0.25) is 4.79 Å². The number of amides is 1. The van der Waals surface area contributed by atoms with Gasteiger partial charge in [0.2, 0.25) is 15.9 Å². The van der Waals surface area contributed by atoms with Gasteiger partial charge in [0.05, 0.1) is 4.90 Å². The highest BCUT2D eigenvalue weighted by Crippen LogP contribution is 2.17. The second kappa shape index (κ2) is 7.71. The first kappa shape index (κ1) is 19.0. The summed E-state index contributed by atoms with van der Waals surface area (Å²) in [5, 5.41) is 2.71. The third-order valence-electron chi connectivity index (χ3n) is 3.51. The molecule has 8 heteroatoms. The quantitative estimate of drug-likeness (QED) is 0.823. The van der Waals surface area contributed by atoms with E-state index in [4.69, 9.17) is 0 Å². The molecule has 134 valence electrons. The van der Waals surface area contributed by atoms with E-state index >= 15 is 0 Å². The Bertz CT molecular complexity index is 899. The molecule has 5 nitrogen and oxygen atoms in total. The molecule has 0 fully saturated rings. The van der Waals surface area contributed by atoms with Crippen LogP contribution in [0.4, 0.5) is 14.5 Å². The van der Waals surface area contributed by atoms with Crippen LogP contribution in [0.2, 0.25) is 0 Å². The molecule has 1 amide bonds. The number of nitrogens with one attached hydrogen (secondary N) is 2. The van der Waals surface area contributed by atoms with Gasteiger partial charge in [0, 0.05) is 18.7 Å². The highest BCUT2D eigenvalue weighted by Gasteiger charge is 2.16. The molecule has 2 aromatic rings. The number of rotatable bonds is 6. The number of hydrogen-bond donors (Lipinski definition) is 2. The van der Waals surface area contributed by atoms with E-state index in [9.17, 15) is 22.0 Å². The summed E-state index contributed by atoms with van der Waals surface area (Å²) in [5.74, 6) is -2.75. The van der Waals surface area contributed by atoms with Crippen LogP contribution in [0.25, 0.3) is 0 Å². The Morgan fingerprint density at radius 1 is 1.04 bits per heavy atom. The van der Waals surface area contributed by atoms with Crippen molar-refractivity contribution in [1.29, 1.82) is 0 Å². The number of hydrogen-bond acceptors (Lipinski definition) is 3. The summed E-state index contributed by atoms with van der Waals surface area (Å²) in [6, 6.07) is 7.89. The summed E-state index contributed by atoms with van der Waals surface area (Å²) < 4.78 is 52.2. The molecule has 0 radical (unpaired) electrons. The molecule has 0 atom stereocenters. The SMILES string of the molecule is Cc1ccc(C)c(NC(=O)CCNS(=O)(=O)c2ccc(F)c(F)c2)c1. The summed E-state index contributed by atoms with van der Waals surface area (Å²) in [6.07, 6.45) is -0.101. The fourth-order valence-electron chi connectivity index (χ4n) is 2.11. The van der Waals surface area contributed by atoms with E-state index < -0.39 is 26.6 Å². The Morgan fingerprint density at radius 3 is 2.44 bits per heavy atom. The maximum absolute atomic E-state index is 13.1. The molecule has 2 aromatic carbocycles. The zero-order valence-corrected chi connectivity index (χ0v) is 14.6. The van der Waals surface area contributed by atoms with Gasteiger partial charge < -0.3 is 5.32 Å². The van der Waals surface area contributed by atoms with Crippen LogP contribution in [0.15, 0.2) is 41.3 Å². The summed E-state index contributed by atoms with van der Waals surface area (Å²) in [4.78, 5) is 11.5. The fourth-order valence-corrected chi connectivity index (χ4v) is 3.15. The van der Waals surface area contributed by atoms with Crippen LogP contribution in [0.1, 0.15) is 17.5 Å². The van der Waals surface area contributed by atoms with Gasteiger partial charge in [0.25, 0.3) is 0 Å². The first-order chi connectivity index (χ1) is 11.7. The summed E-state index contributed by atoms with van der Waals surface area (Å²) in [6.45, 7) is 3.57. The first-order valence-electron chi connectivity index (χ1n) is 7.51. The van der Waals surface area contributed by atoms with Crippen molar-refractivity contribution in [2.75, 3.05) is 11.9 Å². The largest absolute Gasteiger partial charge is 0.326 e. The number of sulfonamides is 1. The molecular formula is C17H18F2N2O3S. The first-order valence-corrected chi connectivity index (χ1v) is 8.99. The molecule has 0 aliphatic rings. The van der Waals surface area contributed by atoms with E-state index in [1.165, 1.54) is 0 Å². The lowest BCUT2D eigenvalue weighted by molar-refractivity contribution is -0.116. The van der Waals surface area contributed by atoms with Crippen LogP contribution < -0.4 is 10.0 Å². The Kier molecular flexibility index (Phi) is 5.86.